The van der Waals surface area contributed by atoms with Crippen LogP contribution < -0.4 is 5.73 Å². The fraction of sp³-hybridized carbons (Fsp3) is 0.769. The van der Waals surface area contributed by atoms with Gasteiger partial charge in [-0.2, -0.15) is 0 Å². The Hall–Kier alpha value is -0.450. The van der Waals surface area contributed by atoms with E-state index in [1.807, 2.05) is 12.3 Å². The second-order valence-corrected chi connectivity index (χ2v) is 6.20. The third kappa shape index (κ3) is 2.39. The molecule has 3 N–H and O–H groups in total. The van der Waals surface area contributed by atoms with Crippen LogP contribution in [-0.4, -0.2) is 16.6 Å². The number of aryl methyl sites for hydroxylation is 1. The highest BCUT2D eigenvalue weighted by Crippen LogP contribution is 2.50. The van der Waals surface area contributed by atoms with Gasteiger partial charge in [0.25, 0.3) is 0 Å². The van der Waals surface area contributed by atoms with Gasteiger partial charge in [0.15, 0.2) is 0 Å². The molecule has 0 spiro atoms. The minimum atomic E-state index is -0.484. The molecule has 1 aliphatic rings. The Bertz CT molecular complexity index is 379. The first-order chi connectivity index (χ1) is 8.11. The van der Waals surface area contributed by atoms with Crippen LogP contribution in [0.5, 0.6) is 0 Å². The predicted octanol–water partition coefficient (Wildman–Crippen LogP) is 2.64. The van der Waals surface area contributed by atoms with Gasteiger partial charge in [-0.3, -0.25) is 0 Å². The molecular formula is C13H22N2OS. The van der Waals surface area contributed by atoms with Crippen LogP contribution in [0.25, 0.3) is 0 Å². The molecule has 3 unspecified atom stereocenters. The van der Waals surface area contributed by atoms with Crippen molar-refractivity contribution in [2.75, 3.05) is 6.54 Å². The van der Waals surface area contributed by atoms with E-state index in [1.165, 1.54) is 12.8 Å². The van der Waals surface area contributed by atoms with Crippen molar-refractivity contribution in [3.05, 3.63) is 16.1 Å². The summed E-state index contributed by atoms with van der Waals surface area (Å²) < 4.78 is 0. The maximum Gasteiger partial charge on any atom is 0.122 e. The molecule has 1 heterocycles. The molecule has 0 aliphatic heterocycles. The molecule has 1 aromatic rings. The van der Waals surface area contributed by atoms with Crippen LogP contribution in [0, 0.1) is 18.3 Å². The van der Waals surface area contributed by atoms with Crippen LogP contribution in [0.2, 0.25) is 0 Å². The van der Waals surface area contributed by atoms with Crippen molar-refractivity contribution >= 4 is 11.3 Å². The number of aliphatic hydroxyl groups excluding tert-OH is 1. The molecule has 1 aromatic heterocycles. The highest BCUT2D eigenvalue weighted by molar-refractivity contribution is 7.09. The third-order valence-electron chi connectivity index (χ3n) is 4.18. The zero-order valence-corrected chi connectivity index (χ0v) is 11.5. The quantitative estimate of drug-likeness (QED) is 0.868. The highest BCUT2D eigenvalue weighted by Gasteiger charge is 2.44. The number of aliphatic hydroxyl groups is 1. The summed E-state index contributed by atoms with van der Waals surface area (Å²) in [5.74, 6) is 0.717. The fourth-order valence-electron chi connectivity index (χ4n) is 2.92. The van der Waals surface area contributed by atoms with Crippen molar-refractivity contribution in [3.8, 4) is 0 Å². The molecule has 96 valence electrons. The molecule has 1 aliphatic carbocycles. The van der Waals surface area contributed by atoms with Gasteiger partial charge in [-0.15, -0.1) is 11.3 Å². The summed E-state index contributed by atoms with van der Waals surface area (Å²) in [6, 6.07) is 0. The lowest BCUT2D eigenvalue weighted by Crippen LogP contribution is -2.34. The summed E-state index contributed by atoms with van der Waals surface area (Å²) >= 11 is 1.55. The SMILES string of the molecule is CCC1CCC(CN)(C(O)c2nc(C)cs2)C1. The van der Waals surface area contributed by atoms with Gasteiger partial charge < -0.3 is 10.8 Å². The van der Waals surface area contributed by atoms with E-state index >= 15 is 0 Å². The average Bonchev–Trinajstić information content (AvgIpc) is 2.95. The largest absolute Gasteiger partial charge is 0.385 e. The molecule has 3 nitrogen and oxygen atoms in total. The van der Waals surface area contributed by atoms with E-state index in [2.05, 4.69) is 11.9 Å². The molecule has 3 atom stereocenters. The molecule has 2 rings (SSSR count). The number of rotatable bonds is 4. The van der Waals surface area contributed by atoms with Crippen molar-refractivity contribution in [1.29, 1.82) is 0 Å². The topological polar surface area (TPSA) is 59.1 Å². The van der Waals surface area contributed by atoms with E-state index in [0.29, 0.717) is 12.5 Å². The molecule has 0 amide bonds. The molecule has 1 fully saturated rings. The number of hydrogen-bond acceptors (Lipinski definition) is 4. The Morgan fingerprint density at radius 3 is 2.94 bits per heavy atom. The predicted molar refractivity (Wildman–Crippen MR) is 70.9 cm³/mol. The van der Waals surface area contributed by atoms with E-state index in [0.717, 1.165) is 23.5 Å². The van der Waals surface area contributed by atoms with Crippen molar-refractivity contribution in [3.63, 3.8) is 0 Å². The molecule has 0 saturated heterocycles. The maximum absolute atomic E-state index is 10.6. The van der Waals surface area contributed by atoms with Crippen LogP contribution >= 0.6 is 11.3 Å². The zero-order valence-electron chi connectivity index (χ0n) is 10.6. The summed E-state index contributed by atoms with van der Waals surface area (Å²) in [6.45, 7) is 4.74. The van der Waals surface area contributed by atoms with Gasteiger partial charge in [0.2, 0.25) is 0 Å². The number of aromatic nitrogens is 1. The molecule has 4 heteroatoms. The van der Waals surface area contributed by atoms with E-state index in [-0.39, 0.29) is 5.41 Å². The van der Waals surface area contributed by atoms with Crippen molar-refractivity contribution in [2.45, 2.75) is 45.6 Å². The lowest BCUT2D eigenvalue weighted by atomic mass is 9.79. The summed E-state index contributed by atoms with van der Waals surface area (Å²) in [5, 5.41) is 13.4. The van der Waals surface area contributed by atoms with Gasteiger partial charge in [-0.25, -0.2) is 4.98 Å². The molecule has 0 bridgehead atoms. The number of thiazole rings is 1. The van der Waals surface area contributed by atoms with Crippen molar-refractivity contribution < 1.29 is 5.11 Å². The van der Waals surface area contributed by atoms with Crippen LogP contribution in [0.3, 0.4) is 0 Å². The number of nitrogens with zero attached hydrogens (tertiary/aromatic N) is 1. The van der Waals surface area contributed by atoms with Gasteiger partial charge in [-0.05, 0) is 32.1 Å². The molecule has 1 saturated carbocycles. The van der Waals surface area contributed by atoms with E-state index in [4.69, 9.17) is 5.73 Å². The normalized spacial score (nSPS) is 30.7. The first-order valence-corrected chi connectivity index (χ1v) is 7.29. The Labute approximate surface area is 107 Å². The van der Waals surface area contributed by atoms with Gasteiger partial charge in [0, 0.05) is 23.0 Å². The van der Waals surface area contributed by atoms with Crippen molar-refractivity contribution in [2.24, 2.45) is 17.1 Å². The number of hydrogen-bond donors (Lipinski definition) is 2. The lowest BCUT2D eigenvalue weighted by molar-refractivity contribution is 0.0299. The molecule has 0 aromatic carbocycles. The van der Waals surface area contributed by atoms with Gasteiger partial charge in [0.05, 0.1) is 0 Å². The maximum atomic E-state index is 10.6. The lowest BCUT2D eigenvalue weighted by Gasteiger charge is -2.32. The first kappa shape index (κ1) is 13.0. The van der Waals surface area contributed by atoms with Crippen LogP contribution in [0.4, 0.5) is 0 Å². The Balaban J connectivity index is 2.18. The second kappa shape index (κ2) is 5.04. The van der Waals surface area contributed by atoms with E-state index < -0.39 is 6.10 Å². The van der Waals surface area contributed by atoms with Crippen LogP contribution in [-0.2, 0) is 0 Å². The number of nitrogens with two attached hydrogens (primary N) is 1. The third-order valence-corrected chi connectivity index (χ3v) is 5.20. The minimum absolute atomic E-state index is 0.134. The minimum Gasteiger partial charge on any atom is -0.385 e. The van der Waals surface area contributed by atoms with Gasteiger partial charge in [0.1, 0.15) is 11.1 Å². The average molecular weight is 254 g/mol. The van der Waals surface area contributed by atoms with Crippen LogP contribution in [0.1, 0.15) is 49.4 Å². The monoisotopic (exact) mass is 254 g/mol. The standard InChI is InChI=1S/C13H22N2OS/c1-3-10-4-5-13(6-10,8-14)11(16)12-15-9(2)7-17-12/h7,10-11,16H,3-6,8,14H2,1-2H3. The summed E-state index contributed by atoms with van der Waals surface area (Å²) in [6.07, 6.45) is 3.96. The second-order valence-electron chi connectivity index (χ2n) is 5.31. The van der Waals surface area contributed by atoms with Crippen LogP contribution in [0.15, 0.2) is 5.38 Å². The van der Waals surface area contributed by atoms with Gasteiger partial charge >= 0.3 is 0 Å². The smallest absolute Gasteiger partial charge is 0.122 e. The fourth-order valence-corrected chi connectivity index (χ4v) is 3.84. The summed E-state index contributed by atoms with van der Waals surface area (Å²) in [4.78, 5) is 4.41. The van der Waals surface area contributed by atoms with E-state index in [1.54, 1.807) is 11.3 Å². The highest BCUT2D eigenvalue weighted by atomic mass is 32.1. The molecular weight excluding hydrogens is 232 g/mol. The zero-order chi connectivity index (χ0) is 12.5. The summed E-state index contributed by atoms with van der Waals surface area (Å²) in [5.41, 5.74) is 6.80. The Morgan fingerprint density at radius 2 is 2.47 bits per heavy atom. The summed E-state index contributed by atoms with van der Waals surface area (Å²) in [7, 11) is 0. The molecule has 0 radical (unpaired) electrons. The van der Waals surface area contributed by atoms with Gasteiger partial charge in [-0.1, -0.05) is 13.3 Å². The Morgan fingerprint density at radius 1 is 1.71 bits per heavy atom. The Kier molecular flexibility index (Phi) is 3.85. The van der Waals surface area contributed by atoms with E-state index in [9.17, 15) is 5.11 Å². The molecule has 17 heavy (non-hydrogen) atoms. The van der Waals surface area contributed by atoms with Crippen molar-refractivity contribution in [1.82, 2.24) is 4.98 Å². The first-order valence-electron chi connectivity index (χ1n) is 6.41.